The van der Waals surface area contributed by atoms with Gasteiger partial charge in [-0.3, -0.25) is 14.4 Å². The Bertz CT molecular complexity index is 440. The first-order valence-electron chi connectivity index (χ1n) is 4.97. The molecule has 0 unspecified atom stereocenters. The van der Waals surface area contributed by atoms with Crippen molar-refractivity contribution in [1.29, 1.82) is 0 Å². The molecule has 1 rings (SSSR count). The van der Waals surface area contributed by atoms with Gasteiger partial charge in [-0.05, 0) is 24.3 Å². The van der Waals surface area contributed by atoms with Gasteiger partial charge < -0.3 is 16.8 Å². The van der Waals surface area contributed by atoms with Crippen LogP contribution < -0.4 is 16.8 Å². The van der Waals surface area contributed by atoms with Crippen LogP contribution in [0.25, 0.3) is 0 Å². The van der Waals surface area contributed by atoms with E-state index in [1.54, 1.807) is 0 Å². The molecule has 1 aromatic carbocycles. The molecule has 3 amide bonds. The van der Waals surface area contributed by atoms with Crippen molar-refractivity contribution < 1.29 is 14.4 Å². The average Bonchev–Trinajstić information content (AvgIpc) is 2.28. The highest BCUT2D eigenvalue weighted by Gasteiger charge is 2.06. The second-order valence-electron chi connectivity index (χ2n) is 3.41. The van der Waals surface area contributed by atoms with Gasteiger partial charge in [0.15, 0.2) is 0 Å². The van der Waals surface area contributed by atoms with Crippen molar-refractivity contribution in [3.05, 3.63) is 35.4 Å². The molecule has 0 radical (unpaired) electrons. The molecule has 0 spiro atoms. The fourth-order valence-electron chi connectivity index (χ4n) is 1.19. The van der Waals surface area contributed by atoms with E-state index in [2.05, 4.69) is 5.32 Å². The number of hydrogen-bond acceptors (Lipinski definition) is 3. The molecule has 0 fully saturated rings. The molecule has 0 atom stereocenters. The van der Waals surface area contributed by atoms with E-state index in [4.69, 9.17) is 11.5 Å². The highest BCUT2D eigenvalue weighted by molar-refractivity contribution is 5.97. The number of benzene rings is 1. The monoisotopic (exact) mass is 235 g/mol. The number of nitrogens with two attached hydrogens (primary N) is 2. The van der Waals surface area contributed by atoms with Crippen molar-refractivity contribution in [3.8, 4) is 0 Å². The lowest BCUT2D eigenvalue weighted by Gasteiger charge is -2.04. The minimum Gasteiger partial charge on any atom is -0.370 e. The summed E-state index contributed by atoms with van der Waals surface area (Å²) in [5.74, 6) is -1.36. The van der Waals surface area contributed by atoms with Crippen LogP contribution in [0, 0.1) is 0 Å². The first kappa shape index (κ1) is 12.7. The van der Waals surface area contributed by atoms with Gasteiger partial charge in [0.25, 0.3) is 5.91 Å². The molecule has 17 heavy (non-hydrogen) atoms. The van der Waals surface area contributed by atoms with E-state index in [0.717, 1.165) is 0 Å². The van der Waals surface area contributed by atoms with Crippen LogP contribution in [-0.4, -0.2) is 24.3 Å². The van der Waals surface area contributed by atoms with E-state index < -0.39 is 11.8 Å². The summed E-state index contributed by atoms with van der Waals surface area (Å²) in [7, 11) is 0. The maximum Gasteiger partial charge on any atom is 0.251 e. The molecule has 0 bridgehead atoms. The van der Waals surface area contributed by atoms with Crippen LogP contribution in [0.3, 0.4) is 0 Å². The largest absolute Gasteiger partial charge is 0.370 e. The van der Waals surface area contributed by atoms with Crippen molar-refractivity contribution in [2.45, 2.75) is 6.42 Å². The minimum absolute atomic E-state index is 0.0884. The van der Waals surface area contributed by atoms with Crippen LogP contribution in [0.4, 0.5) is 0 Å². The van der Waals surface area contributed by atoms with Crippen LogP contribution in [0.15, 0.2) is 24.3 Å². The molecule has 6 heteroatoms. The molecule has 0 aromatic heterocycles. The molecule has 0 saturated carbocycles. The summed E-state index contributed by atoms with van der Waals surface area (Å²) >= 11 is 0. The second-order valence-corrected chi connectivity index (χ2v) is 3.41. The van der Waals surface area contributed by atoms with Crippen molar-refractivity contribution in [3.63, 3.8) is 0 Å². The van der Waals surface area contributed by atoms with Crippen LogP contribution >= 0.6 is 0 Å². The normalized spacial score (nSPS) is 9.65. The minimum atomic E-state index is -0.550. The van der Waals surface area contributed by atoms with Gasteiger partial charge in [0.05, 0.1) is 0 Å². The fourth-order valence-corrected chi connectivity index (χ4v) is 1.19. The van der Waals surface area contributed by atoms with E-state index in [1.807, 2.05) is 0 Å². The van der Waals surface area contributed by atoms with Crippen LogP contribution in [-0.2, 0) is 4.79 Å². The smallest absolute Gasteiger partial charge is 0.251 e. The molecular formula is C11H13N3O3. The van der Waals surface area contributed by atoms with Crippen molar-refractivity contribution in [2.24, 2.45) is 11.5 Å². The first-order valence-corrected chi connectivity index (χ1v) is 4.97. The summed E-state index contributed by atoms with van der Waals surface area (Å²) in [5.41, 5.74) is 10.7. The number of primary amides is 2. The van der Waals surface area contributed by atoms with Crippen molar-refractivity contribution in [2.75, 3.05) is 6.54 Å². The SMILES string of the molecule is NC(=O)CCNC(=O)c1ccc(C(N)=O)cc1. The predicted molar refractivity (Wildman–Crippen MR) is 61.1 cm³/mol. The first-order chi connectivity index (χ1) is 8.00. The highest BCUT2D eigenvalue weighted by Crippen LogP contribution is 2.03. The lowest BCUT2D eigenvalue weighted by atomic mass is 10.1. The third-order valence-corrected chi connectivity index (χ3v) is 2.09. The van der Waals surface area contributed by atoms with Gasteiger partial charge in [-0.2, -0.15) is 0 Å². The van der Waals surface area contributed by atoms with Gasteiger partial charge >= 0.3 is 0 Å². The molecule has 6 nitrogen and oxygen atoms in total. The molecule has 0 heterocycles. The number of amides is 3. The molecule has 90 valence electrons. The van der Waals surface area contributed by atoms with Crippen LogP contribution in [0.1, 0.15) is 27.1 Å². The maximum absolute atomic E-state index is 11.5. The van der Waals surface area contributed by atoms with Gasteiger partial charge in [-0.15, -0.1) is 0 Å². The molecule has 0 saturated heterocycles. The second kappa shape index (κ2) is 5.64. The molecule has 0 aliphatic carbocycles. The number of nitrogens with one attached hydrogen (secondary N) is 1. The zero-order valence-corrected chi connectivity index (χ0v) is 9.10. The van der Waals surface area contributed by atoms with Crippen LogP contribution in [0.2, 0.25) is 0 Å². The summed E-state index contributed by atoms with van der Waals surface area (Å²) in [5, 5.41) is 2.52. The Balaban J connectivity index is 2.57. The fraction of sp³-hybridized carbons (Fsp3) is 0.182. The lowest BCUT2D eigenvalue weighted by molar-refractivity contribution is -0.117. The number of carbonyl (C=O) groups excluding carboxylic acids is 3. The molecular weight excluding hydrogens is 222 g/mol. The van der Waals surface area contributed by atoms with Gasteiger partial charge in [-0.1, -0.05) is 0 Å². The predicted octanol–water partition coefficient (Wildman–Crippen LogP) is -0.609. The Kier molecular flexibility index (Phi) is 4.21. The van der Waals surface area contributed by atoms with Crippen LogP contribution in [0.5, 0.6) is 0 Å². The quantitative estimate of drug-likeness (QED) is 0.632. The summed E-state index contributed by atoms with van der Waals surface area (Å²) in [6, 6.07) is 5.90. The van der Waals surface area contributed by atoms with E-state index in [1.165, 1.54) is 24.3 Å². The van der Waals surface area contributed by atoms with Gasteiger partial charge in [0.2, 0.25) is 11.8 Å². The molecule has 5 N–H and O–H groups in total. The number of carbonyl (C=O) groups is 3. The Morgan fingerprint density at radius 3 is 2.00 bits per heavy atom. The van der Waals surface area contributed by atoms with Gasteiger partial charge in [-0.25, -0.2) is 0 Å². The Morgan fingerprint density at radius 1 is 1.00 bits per heavy atom. The van der Waals surface area contributed by atoms with Crippen molar-refractivity contribution >= 4 is 17.7 Å². The Hall–Kier alpha value is -2.37. The number of rotatable bonds is 5. The Labute approximate surface area is 98.0 Å². The summed E-state index contributed by atoms with van der Waals surface area (Å²) in [6.07, 6.45) is 0.0884. The van der Waals surface area contributed by atoms with Gasteiger partial charge in [0, 0.05) is 24.1 Å². The zero-order chi connectivity index (χ0) is 12.8. The third-order valence-electron chi connectivity index (χ3n) is 2.09. The van der Waals surface area contributed by atoms with E-state index >= 15 is 0 Å². The summed E-state index contributed by atoms with van der Waals surface area (Å²) in [4.78, 5) is 32.8. The average molecular weight is 235 g/mol. The lowest BCUT2D eigenvalue weighted by Crippen LogP contribution is -2.27. The molecule has 0 aliphatic rings. The molecule has 1 aromatic rings. The zero-order valence-electron chi connectivity index (χ0n) is 9.10. The summed E-state index contributed by atoms with van der Waals surface area (Å²) < 4.78 is 0. The van der Waals surface area contributed by atoms with E-state index in [9.17, 15) is 14.4 Å². The Morgan fingerprint density at radius 2 is 1.53 bits per heavy atom. The van der Waals surface area contributed by atoms with E-state index in [0.29, 0.717) is 11.1 Å². The standard InChI is InChI=1S/C11H13N3O3/c12-9(15)5-6-14-11(17)8-3-1-7(2-4-8)10(13)16/h1-4H,5-6H2,(H2,12,15)(H2,13,16)(H,14,17). The third kappa shape index (κ3) is 3.94. The highest BCUT2D eigenvalue weighted by atomic mass is 16.2. The summed E-state index contributed by atoms with van der Waals surface area (Å²) in [6.45, 7) is 0.186. The van der Waals surface area contributed by atoms with Crippen molar-refractivity contribution in [1.82, 2.24) is 5.32 Å². The van der Waals surface area contributed by atoms with Gasteiger partial charge in [0.1, 0.15) is 0 Å². The molecule has 0 aliphatic heterocycles. The number of hydrogen-bond donors (Lipinski definition) is 3. The maximum atomic E-state index is 11.5. The van der Waals surface area contributed by atoms with E-state index in [-0.39, 0.29) is 18.9 Å². The topological polar surface area (TPSA) is 115 Å².